The van der Waals surface area contributed by atoms with Crippen molar-refractivity contribution in [1.29, 1.82) is 0 Å². The summed E-state index contributed by atoms with van der Waals surface area (Å²) >= 11 is 0. The molecule has 1 aliphatic rings. The lowest BCUT2D eigenvalue weighted by atomic mass is 10.1. The van der Waals surface area contributed by atoms with Crippen molar-refractivity contribution in [3.05, 3.63) is 47.0 Å². The first-order chi connectivity index (χ1) is 11.0. The highest BCUT2D eigenvalue weighted by Crippen LogP contribution is 2.26. The van der Waals surface area contributed by atoms with Crippen molar-refractivity contribution in [2.24, 2.45) is 0 Å². The van der Waals surface area contributed by atoms with Crippen molar-refractivity contribution >= 4 is 5.91 Å². The minimum Gasteiger partial charge on any atom is -0.377 e. The van der Waals surface area contributed by atoms with Gasteiger partial charge in [0.2, 0.25) is 0 Å². The van der Waals surface area contributed by atoms with Gasteiger partial charge in [0.05, 0.1) is 6.04 Å². The number of ether oxygens (including phenoxy) is 1. The van der Waals surface area contributed by atoms with Crippen LogP contribution in [0.5, 0.6) is 0 Å². The number of rotatable bonds is 3. The number of amides is 1. The predicted octanol–water partition coefficient (Wildman–Crippen LogP) is 1.92. The number of benzene rings is 1. The Morgan fingerprint density at radius 2 is 2.09 bits per heavy atom. The van der Waals surface area contributed by atoms with Gasteiger partial charge in [0.1, 0.15) is 6.61 Å². The molecule has 2 aromatic rings. The number of hydrogen-bond acceptors (Lipinski definition) is 4. The van der Waals surface area contributed by atoms with Crippen LogP contribution in [0.15, 0.2) is 18.2 Å². The SMILES string of the molecule is COCc1nnc2n1CCN(C(=O)c1ccc(F)c(F)c1)C2C. The van der Waals surface area contributed by atoms with Crippen molar-refractivity contribution in [3.8, 4) is 0 Å². The van der Waals surface area contributed by atoms with Gasteiger partial charge in [-0.05, 0) is 25.1 Å². The standard InChI is InChI=1S/C15H16F2N4O2/c1-9-14-19-18-13(8-23-2)21(14)6-5-20(9)15(22)10-3-4-11(16)12(17)7-10/h3-4,7,9H,5-6,8H2,1-2H3. The lowest BCUT2D eigenvalue weighted by Gasteiger charge is -2.33. The van der Waals surface area contributed by atoms with Gasteiger partial charge >= 0.3 is 0 Å². The summed E-state index contributed by atoms with van der Waals surface area (Å²) in [6.45, 7) is 3.13. The molecule has 0 saturated carbocycles. The molecule has 0 aliphatic carbocycles. The smallest absolute Gasteiger partial charge is 0.254 e. The van der Waals surface area contributed by atoms with E-state index in [4.69, 9.17) is 4.74 Å². The minimum atomic E-state index is -1.04. The second-order valence-corrected chi connectivity index (χ2v) is 5.36. The van der Waals surface area contributed by atoms with E-state index < -0.39 is 11.6 Å². The molecule has 8 heteroatoms. The Morgan fingerprint density at radius 3 is 2.78 bits per heavy atom. The monoisotopic (exact) mass is 322 g/mol. The first-order valence-electron chi connectivity index (χ1n) is 7.20. The second-order valence-electron chi connectivity index (χ2n) is 5.36. The molecule has 0 fully saturated rings. The zero-order valence-corrected chi connectivity index (χ0v) is 12.8. The Hall–Kier alpha value is -2.35. The molecule has 1 aromatic heterocycles. The van der Waals surface area contributed by atoms with Gasteiger partial charge in [-0.3, -0.25) is 4.79 Å². The van der Waals surface area contributed by atoms with E-state index in [0.29, 0.717) is 31.3 Å². The fourth-order valence-electron chi connectivity index (χ4n) is 2.75. The molecule has 0 spiro atoms. The van der Waals surface area contributed by atoms with Gasteiger partial charge in [0.25, 0.3) is 5.91 Å². The van der Waals surface area contributed by atoms with Crippen LogP contribution in [0.1, 0.15) is 35.0 Å². The first-order valence-corrected chi connectivity index (χ1v) is 7.20. The van der Waals surface area contributed by atoms with Gasteiger partial charge in [-0.1, -0.05) is 0 Å². The minimum absolute atomic E-state index is 0.112. The lowest BCUT2D eigenvalue weighted by molar-refractivity contribution is 0.0632. The average molecular weight is 322 g/mol. The number of aromatic nitrogens is 3. The summed E-state index contributed by atoms with van der Waals surface area (Å²) < 4.78 is 33.4. The van der Waals surface area contributed by atoms with Crippen LogP contribution in [0, 0.1) is 11.6 Å². The average Bonchev–Trinajstić information content (AvgIpc) is 2.94. The maximum Gasteiger partial charge on any atom is 0.254 e. The summed E-state index contributed by atoms with van der Waals surface area (Å²) in [5, 5.41) is 8.19. The number of methoxy groups -OCH3 is 1. The third-order valence-electron chi connectivity index (χ3n) is 3.96. The van der Waals surface area contributed by atoms with E-state index in [9.17, 15) is 13.6 Å². The Balaban J connectivity index is 1.86. The van der Waals surface area contributed by atoms with Gasteiger partial charge < -0.3 is 14.2 Å². The number of hydrogen-bond donors (Lipinski definition) is 0. The Morgan fingerprint density at radius 1 is 1.30 bits per heavy atom. The van der Waals surface area contributed by atoms with Crippen LogP contribution in [-0.4, -0.2) is 39.2 Å². The van der Waals surface area contributed by atoms with E-state index in [2.05, 4.69) is 10.2 Å². The molecule has 1 aliphatic heterocycles. The maximum atomic E-state index is 13.3. The molecule has 122 valence electrons. The molecule has 1 aromatic carbocycles. The summed E-state index contributed by atoms with van der Waals surface area (Å²) in [5.41, 5.74) is 0.112. The highest BCUT2D eigenvalue weighted by molar-refractivity contribution is 5.94. The number of carbonyl (C=O) groups excluding carboxylic acids is 1. The van der Waals surface area contributed by atoms with Gasteiger partial charge in [-0.2, -0.15) is 0 Å². The van der Waals surface area contributed by atoms with Crippen LogP contribution in [0.3, 0.4) is 0 Å². The zero-order valence-electron chi connectivity index (χ0n) is 12.8. The largest absolute Gasteiger partial charge is 0.377 e. The number of halogens is 2. The summed E-state index contributed by atoms with van der Waals surface area (Å²) in [7, 11) is 1.58. The Bertz CT molecular complexity index is 747. The van der Waals surface area contributed by atoms with Gasteiger partial charge in [-0.15, -0.1) is 10.2 Å². The molecule has 0 N–H and O–H groups in total. The van der Waals surface area contributed by atoms with Crippen LogP contribution in [-0.2, 0) is 17.9 Å². The molecule has 3 rings (SSSR count). The van der Waals surface area contributed by atoms with E-state index in [1.165, 1.54) is 6.07 Å². The van der Waals surface area contributed by atoms with Crippen molar-refractivity contribution in [3.63, 3.8) is 0 Å². The Kier molecular flexibility index (Phi) is 4.08. The lowest BCUT2D eigenvalue weighted by Crippen LogP contribution is -2.41. The fourth-order valence-corrected chi connectivity index (χ4v) is 2.75. The molecule has 1 atom stereocenters. The topological polar surface area (TPSA) is 60.3 Å². The molecule has 1 amide bonds. The molecule has 1 unspecified atom stereocenters. The van der Waals surface area contributed by atoms with E-state index >= 15 is 0 Å². The molecule has 6 nitrogen and oxygen atoms in total. The van der Waals surface area contributed by atoms with E-state index in [1.807, 2.05) is 11.5 Å². The van der Waals surface area contributed by atoms with E-state index in [1.54, 1.807) is 12.0 Å². The fraction of sp³-hybridized carbons (Fsp3) is 0.400. The second kappa shape index (κ2) is 6.04. The summed E-state index contributed by atoms with van der Waals surface area (Å²) in [5.74, 6) is -1.02. The molecule has 0 bridgehead atoms. The van der Waals surface area contributed by atoms with Gasteiger partial charge in [-0.25, -0.2) is 8.78 Å². The molecule has 23 heavy (non-hydrogen) atoms. The van der Waals surface area contributed by atoms with Crippen LogP contribution < -0.4 is 0 Å². The zero-order chi connectivity index (χ0) is 16.6. The third-order valence-corrected chi connectivity index (χ3v) is 3.96. The molecule has 2 heterocycles. The molecule has 0 radical (unpaired) electrons. The van der Waals surface area contributed by atoms with Crippen molar-refractivity contribution in [2.75, 3.05) is 13.7 Å². The van der Waals surface area contributed by atoms with Crippen LogP contribution in [0.4, 0.5) is 8.78 Å². The predicted molar refractivity (Wildman–Crippen MR) is 76.5 cm³/mol. The summed E-state index contributed by atoms with van der Waals surface area (Å²) in [6.07, 6.45) is 0. The summed E-state index contributed by atoms with van der Waals surface area (Å²) in [4.78, 5) is 14.1. The number of fused-ring (bicyclic) bond motifs is 1. The molecular formula is C15H16F2N4O2. The number of nitrogens with zero attached hydrogens (tertiary/aromatic N) is 4. The Labute approximate surface area is 131 Å². The van der Waals surface area contributed by atoms with Gasteiger partial charge in [0.15, 0.2) is 23.3 Å². The maximum absolute atomic E-state index is 13.3. The third kappa shape index (κ3) is 2.70. The van der Waals surface area contributed by atoms with E-state index in [-0.39, 0.29) is 17.5 Å². The normalized spacial score (nSPS) is 17.2. The van der Waals surface area contributed by atoms with Gasteiger partial charge in [0, 0.05) is 25.8 Å². The molecular weight excluding hydrogens is 306 g/mol. The molecule has 0 saturated heterocycles. The van der Waals surface area contributed by atoms with E-state index in [0.717, 1.165) is 12.1 Å². The quantitative estimate of drug-likeness (QED) is 0.866. The van der Waals surface area contributed by atoms with Crippen molar-refractivity contribution in [2.45, 2.75) is 26.1 Å². The number of carbonyl (C=O) groups is 1. The highest BCUT2D eigenvalue weighted by atomic mass is 19.2. The highest BCUT2D eigenvalue weighted by Gasteiger charge is 2.31. The first kappa shape index (κ1) is 15.5. The van der Waals surface area contributed by atoms with Crippen molar-refractivity contribution in [1.82, 2.24) is 19.7 Å². The van der Waals surface area contributed by atoms with Crippen molar-refractivity contribution < 1.29 is 18.3 Å². The summed E-state index contributed by atoms with van der Waals surface area (Å²) in [6, 6.07) is 2.84. The van der Waals surface area contributed by atoms with Crippen LogP contribution >= 0.6 is 0 Å². The van der Waals surface area contributed by atoms with Crippen LogP contribution in [0.2, 0.25) is 0 Å². The van der Waals surface area contributed by atoms with Crippen LogP contribution in [0.25, 0.3) is 0 Å².